The minimum atomic E-state index is 0.580. The number of H-pyrrole nitrogens is 2. The van der Waals surface area contributed by atoms with E-state index in [0.29, 0.717) is 5.82 Å². The Balaban J connectivity index is 2.14. The van der Waals surface area contributed by atoms with Gasteiger partial charge in [0, 0.05) is 12.4 Å². The van der Waals surface area contributed by atoms with Gasteiger partial charge < -0.3 is 4.98 Å². The van der Waals surface area contributed by atoms with Gasteiger partial charge in [-0.05, 0) is 29.0 Å². The predicted octanol–water partition coefficient (Wildman–Crippen LogP) is 0.698. The van der Waals surface area contributed by atoms with Crippen LogP contribution < -0.4 is 0 Å². The molecule has 2 aromatic rings. The normalized spacial score (nSPS) is 11.0. The molecule has 0 aliphatic carbocycles. The smallest absolute Gasteiger partial charge is 0.197 e. The summed E-state index contributed by atoms with van der Waals surface area (Å²) in [5.41, 5.74) is 1.08. The predicted molar refractivity (Wildman–Crippen MR) is 43.9 cm³/mol. The van der Waals surface area contributed by atoms with E-state index in [1.807, 2.05) is 24.5 Å². The average molecular weight is 161 g/mol. The van der Waals surface area contributed by atoms with Crippen molar-refractivity contribution in [2.75, 3.05) is 0 Å². The zero-order chi connectivity index (χ0) is 8.23. The maximum atomic E-state index is 3.77. The van der Waals surface area contributed by atoms with Gasteiger partial charge in [0.15, 0.2) is 5.82 Å². The summed E-state index contributed by atoms with van der Waals surface area (Å²) in [7, 11) is 0. The summed E-state index contributed by atoms with van der Waals surface area (Å²) in [6.45, 7) is 0. The van der Waals surface area contributed by atoms with Gasteiger partial charge in [-0.3, -0.25) is 0 Å². The standard InChI is InChI=1S/C7H7N5/c1(6-3-4-8-5-6)2-7-9-11-12-10-7/h1-5,8H,(H,9,10,11,12). The van der Waals surface area contributed by atoms with Crippen molar-refractivity contribution in [2.24, 2.45) is 0 Å². The number of aromatic amines is 2. The molecule has 0 aliphatic rings. The van der Waals surface area contributed by atoms with Crippen LogP contribution in [0.2, 0.25) is 0 Å². The average Bonchev–Trinajstić information content (AvgIpc) is 2.74. The van der Waals surface area contributed by atoms with E-state index >= 15 is 0 Å². The summed E-state index contributed by atoms with van der Waals surface area (Å²) in [4.78, 5) is 2.94. The minimum Gasteiger partial charge on any atom is -0.367 e. The van der Waals surface area contributed by atoms with Gasteiger partial charge >= 0.3 is 0 Å². The summed E-state index contributed by atoms with van der Waals surface area (Å²) in [5, 5.41) is 13.3. The van der Waals surface area contributed by atoms with Crippen LogP contribution in [0.25, 0.3) is 12.2 Å². The van der Waals surface area contributed by atoms with Gasteiger partial charge in [0.2, 0.25) is 0 Å². The van der Waals surface area contributed by atoms with E-state index in [9.17, 15) is 0 Å². The molecule has 0 saturated carbocycles. The van der Waals surface area contributed by atoms with Crippen LogP contribution in [0.4, 0.5) is 0 Å². The highest BCUT2D eigenvalue weighted by Gasteiger charge is 1.89. The SMILES string of the molecule is C(=Cc1nn[nH]n1)c1cc[nH]c1. The molecular weight excluding hydrogens is 154 g/mol. The fourth-order valence-corrected chi connectivity index (χ4v) is 0.851. The Kier molecular flexibility index (Phi) is 1.69. The van der Waals surface area contributed by atoms with Gasteiger partial charge in [-0.15, -0.1) is 10.2 Å². The summed E-state index contributed by atoms with van der Waals surface area (Å²) >= 11 is 0. The Morgan fingerprint density at radius 3 is 3.00 bits per heavy atom. The third-order valence-electron chi connectivity index (χ3n) is 1.41. The molecule has 2 heterocycles. The number of hydrogen-bond acceptors (Lipinski definition) is 3. The largest absolute Gasteiger partial charge is 0.367 e. The number of nitrogens with one attached hydrogen (secondary N) is 2. The van der Waals surface area contributed by atoms with E-state index in [-0.39, 0.29) is 0 Å². The van der Waals surface area contributed by atoms with Crippen LogP contribution in [0, 0.1) is 0 Å². The Hall–Kier alpha value is -1.91. The van der Waals surface area contributed by atoms with Crippen LogP contribution in [-0.4, -0.2) is 25.6 Å². The topological polar surface area (TPSA) is 70.2 Å². The fraction of sp³-hybridized carbons (Fsp3) is 0. The molecule has 60 valence electrons. The molecule has 5 heteroatoms. The van der Waals surface area contributed by atoms with Gasteiger partial charge in [0.05, 0.1) is 0 Å². The van der Waals surface area contributed by atoms with Crippen molar-refractivity contribution < 1.29 is 0 Å². The molecule has 0 saturated heterocycles. The van der Waals surface area contributed by atoms with Crippen LogP contribution >= 0.6 is 0 Å². The third kappa shape index (κ3) is 1.39. The van der Waals surface area contributed by atoms with Gasteiger partial charge in [0.25, 0.3) is 0 Å². The van der Waals surface area contributed by atoms with E-state index in [0.717, 1.165) is 5.56 Å². The zero-order valence-electron chi connectivity index (χ0n) is 6.23. The maximum absolute atomic E-state index is 3.77. The first-order valence-electron chi connectivity index (χ1n) is 3.49. The molecule has 0 spiro atoms. The lowest BCUT2D eigenvalue weighted by Gasteiger charge is -1.79. The Bertz CT molecular complexity index is 309. The van der Waals surface area contributed by atoms with Crippen LogP contribution in [0.1, 0.15) is 11.4 Å². The number of hydrogen-bond donors (Lipinski definition) is 2. The maximum Gasteiger partial charge on any atom is 0.197 e. The molecule has 0 fully saturated rings. The van der Waals surface area contributed by atoms with E-state index in [1.54, 1.807) is 6.08 Å². The third-order valence-corrected chi connectivity index (χ3v) is 1.41. The highest BCUT2D eigenvalue weighted by Crippen LogP contribution is 2.01. The fourth-order valence-electron chi connectivity index (χ4n) is 0.851. The minimum absolute atomic E-state index is 0.580. The summed E-state index contributed by atoms with van der Waals surface area (Å²) in [5.74, 6) is 0.580. The van der Waals surface area contributed by atoms with E-state index in [4.69, 9.17) is 0 Å². The van der Waals surface area contributed by atoms with Crippen molar-refractivity contribution in [1.82, 2.24) is 25.6 Å². The molecule has 0 unspecified atom stereocenters. The first kappa shape index (κ1) is 6.78. The number of tetrazole rings is 1. The highest BCUT2D eigenvalue weighted by molar-refractivity contribution is 5.65. The lowest BCUT2D eigenvalue weighted by Crippen LogP contribution is -1.73. The molecule has 0 aromatic carbocycles. The van der Waals surface area contributed by atoms with Gasteiger partial charge in [-0.1, -0.05) is 0 Å². The van der Waals surface area contributed by atoms with Crippen LogP contribution in [-0.2, 0) is 0 Å². The molecule has 5 nitrogen and oxygen atoms in total. The second-order valence-corrected chi connectivity index (χ2v) is 2.25. The number of aromatic nitrogens is 5. The van der Waals surface area contributed by atoms with Crippen molar-refractivity contribution in [3.63, 3.8) is 0 Å². The first-order valence-corrected chi connectivity index (χ1v) is 3.49. The quantitative estimate of drug-likeness (QED) is 0.681. The van der Waals surface area contributed by atoms with Gasteiger partial charge in [0.1, 0.15) is 0 Å². The van der Waals surface area contributed by atoms with E-state index in [1.165, 1.54) is 0 Å². The summed E-state index contributed by atoms with van der Waals surface area (Å²) in [6.07, 6.45) is 7.43. The lowest BCUT2D eigenvalue weighted by atomic mass is 10.3. The van der Waals surface area contributed by atoms with Gasteiger partial charge in [-0.25, -0.2) is 0 Å². The molecule has 2 rings (SSSR count). The van der Waals surface area contributed by atoms with Crippen molar-refractivity contribution >= 4 is 12.2 Å². The Morgan fingerprint density at radius 1 is 1.33 bits per heavy atom. The second-order valence-electron chi connectivity index (χ2n) is 2.25. The molecule has 2 aromatic heterocycles. The zero-order valence-corrected chi connectivity index (χ0v) is 6.23. The van der Waals surface area contributed by atoms with Crippen molar-refractivity contribution in [2.45, 2.75) is 0 Å². The second kappa shape index (κ2) is 3.00. The van der Waals surface area contributed by atoms with Crippen LogP contribution in [0.15, 0.2) is 18.5 Å². The Morgan fingerprint density at radius 2 is 2.33 bits per heavy atom. The molecule has 0 aliphatic heterocycles. The first-order chi connectivity index (χ1) is 5.95. The monoisotopic (exact) mass is 161 g/mol. The van der Waals surface area contributed by atoms with Crippen molar-refractivity contribution in [1.29, 1.82) is 0 Å². The molecular formula is C7H7N5. The molecule has 2 N–H and O–H groups in total. The van der Waals surface area contributed by atoms with Crippen LogP contribution in [0.3, 0.4) is 0 Å². The van der Waals surface area contributed by atoms with Gasteiger partial charge in [-0.2, -0.15) is 5.21 Å². The Labute approximate surface area is 68.5 Å². The summed E-state index contributed by atoms with van der Waals surface area (Å²) in [6, 6.07) is 1.95. The molecule has 0 bridgehead atoms. The molecule has 12 heavy (non-hydrogen) atoms. The van der Waals surface area contributed by atoms with E-state index < -0.39 is 0 Å². The highest BCUT2D eigenvalue weighted by atomic mass is 15.5. The summed E-state index contributed by atoms with van der Waals surface area (Å²) < 4.78 is 0. The van der Waals surface area contributed by atoms with Crippen molar-refractivity contribution in [3.05, 3.63) is 29.8 Å². The molecule has 0 atom stereocenters. The molecule has 0 radical (unpaired) electrons. The number of nitrogens with zero attached hydrogens (tertiary/aromatic N) is 3. The van der Waals surface area contributed by atoms with Crippen LogP contribution in [0.5, 0.6) is 0 Å². The van der Waals surface area contributed by atoms with Crippen molar-refractivity contribution in [3.8, 4) is 0 Å². The number of rotatable bonds is 2. The van der Waals surface area contributed by atoms with E-state index in [2.05, 4.69) is 25.6 Å². The lowest BCUT2D eigenvalue weighted by molar-refractivity contribution is 0.881. The molecule has 0 amide bonds.